The minimum absolute atomic E-state index is 0.0591. The number of hydrogen-bond acceptors (Lipinski definition) is 5. The molecule has 0 saturated heterocycles. The maximum Gasteiger partial charge on any atom is 0.243 e. The highest BCUT2D eigenvalue weighted by molar-refractivity contribution is 7.89. The van der Waals surface area contributed by atoms with E-state index in [0.717, 1.165) is 6.42 Å². The number of rotatable bonds is 12. The molecule has 8 nitrogen and oxygen atoms in total. The Balaban J connectivity index is 2.25. The number of furan rings is 1. The number of sulfonamides is 1. The molecule has 176 valence electrons. The van der Waals surface area contributed by atoms with E-state index < -0.39 is 34.1 Å². The van der Waals surface area contributed by atoms with Crippen molar-refractivity contribution in [3.8, 4) is 0 Å². The van der Waals surface area contributed by atoms with Crippen LogP contribution in [-0.4, -0.2) is 43.3 Å². The fraction of sp³-hybridized carbons (Fsp3) is 0.478. The number of nitrogens with zero attached hydrogens (tertiary/aromatic N) is 1. The Kier molecular flexibility index (Phi) is 9.03. The Morgan fingerprint density at radius 2 is 1.78 bits per heavy atom. The van der Waals surface area contributed by atoms with Gasteiger partial charge in [0.1, 0.15) is 11.8 Å². The molecule has 2 rings (SSSR count). The molecular formula is C23H33N3O5S. The molecular weight excluding hydrogens is 430 g/mol. The Labute approximate surface area is 190 Å². The van der Waals surface area contributed by atoms with Gasteiger partial charge >= 0.3 is 0 Å². The number of nitrogens with one attached hydrogen (secondary N) is 2. The molecule has 0 unspecified atom stereocenters. The minimum atomic E-state index is -3.86. The molecule has 0 radical (unpaired) electrons. The Bertz CT molecular complexity index is 972. The van der Waals surface area contributed by atoms with E-state index >= 15 is 0 Å². The fourth-order valence-electron chi connectivity index (χ4n) is 3.09. The van der Waals surface area contributed by atoms with Crippen LogP contribution >= 0.6 is 0 Å². The third-order valence-corrected chi connectivity index (χ3v) is 6.70. The van der Waals surface area contributed by atoms with Crippen molar-refractivity contribution < 1.29 is 22.4 Å². The molecule has 0 spiro atoms. The van der Waals surface area contributed by atoms with Crippen LogP contribution in [0.2, 0.25) is 0 Å². The molecule has 2 amide bonds. The molecule has 0 saturated carbocycles. The lowest BCUT2D eigenvalue weighted by atomic mass is 10.00. The smallest absolute Gasteiger partial charge is 0.243 e. The lowest BCUT2D eigenvalue weighted by molar-refractivity contribution is -0.141. The molecule has 2 aromatic rings. The van der Waals surface area contributed by atoms with Crippen LogP contribution in [0.3, 0.4) is 0 Å². The van der Waals surface area contributed by atoms with Crippen LogP contribution in [-0.2, 0) is 26.2 Å². The standard InChI is InChI=1S/C23H33N3O5S/c1-5-11-20(22(28)25-23(3,4)6-2)26(17-18-12-10-15-31-18)21(27)16-24-32(29,30)19-13-8-7-9-14-19/h7-10,12-15,20,24H,5-6,11,16-17H2,1-4H3,(H,25,28)/t20-/m1/s1. The molecule has 0 aliphatic carbocycles. The molecule has 0 bridgehead atoms. The van der Waals surface area contributed by atoms with Gasteiger partial charge in [0, 0.05) is 5.54 Å². The molecule has 0 aliphatic heterocycles. The van der Waals surface area contributed by atoms with E-state index in [4.69, 9.17) is 4.42 Å². The highest BCUT2D eigenvalue weighted by Crippen LogP contribution is 2.17. The molecule has 1 aromatic carbocycles. The summed E-state index contributed by atoms with van der Waals surface area (Å²) in [5.41, 5.74) is -0.433. The molecule has 32 heavy (non-hydrogen) atoms. The zero-order chi connectivity index (χ0) is 23.8. The molecule has 1 atom stereocenters. The van der Waals surface area contributed by atoms with Crippen LogP contribution in [0.1, 0.15) is 52.7 Å². The van der Waals surface area contributed by atoms with E-state index in [1.54, 1.807) is 30.3 Å². The topological polar surface area (TPSA) is 109 Å². The zero-order valence-corrected chi connectivity index (χ0v) is 19.9. The van der Waals surface area contributed by atoms with Gasteiger partial charge in [-0.2, -0.15) is 0 Å². The van der Waals surface area contributed by atoms with E-state index in [0.29, 0.717) is 18.6 Å². The summed E-state index contributed by atoms with van der Waals surface area (Å²) >= 11 is 0. The third kappa shape index (κ3) is 7.20. The van der Waals surface area contributed by atoms with Gasteiger partial charge in [0.05, 0.1) is 24.2 Å². The maximum atomic E-state index is 13.2. The Morgan fingerprint density at radius 3 is 2.34 bits per heavy atom. The maximum absolute atomic E-state index is 13.2. The van der Waals surface area contributed by atoms with Crippen molar-refractivity contribution in [1.82, 2.24) is 14.9 Å². The van der Waals surface area contributed by atoms with Crippen LogP contribution < -0.4 is 10.0 Å². The number of carbonyl (C=O) groups is 2. The second-order valence-corrected chi connectivity index (χ2v) is 10.0. The van der Waals surface area contributed by atoms with Gasteiger partial charge in [-0.15, -0.1) is 0 Å². The van der Waals surface area contributed by atoms with Crippen LogP contribution in [0.15, 0.2) is 58.0 Å². The summed E-state index contributed by atoms with van der Waals surface area (Å²) in [4.78, 5) is 27.8. The second-order valence-electron chi connectivity index (χ2n) is 8.27. The van der Waals surface area contributed by atoms with Crippen molar-refractivity contribution in [2.45, 2.75) is 70.0 Å². The summed E-state index contributed by atoms with van der Waals surface area (Å²) < 4.78 is 32.8. The monoisotopic (exact) mass is 463 g/mol. The number of carbonyl (C=O) groups excluding carboxylic acids is 2. The zero-order valence-electron chi connectivity index (χ0n) is 19.1. The molecule has 2 N–H and O–H groups in total. The van der Waals surface area contributed by atoms with Crippen molar-refractivity contribution >= 4 is 21.8 Å². The van der Waals surface area contributed by atoms with Gasteiger partial charge in [-0.05, 0) is 51.0 Å². The van der Waals surface area contributed by atoms with Gasteiger partial charge in [-0.25, -0.2) is 13.1 Å². The molecule has 9 heteroatoms. The first-order chi connectivity index (χ1) is 15.1. The van der Waals surface area contributed by atoms with E-state index in [1.807, 2.05) is 27.7 Å². The summed E-state index contributed by atoms with van der Waals surface area (Å²) in [6, 6.07) is 10.5. The first-order valence-corrected chi connectivity index (χ1v) is 12.3. The lowest BCUT2D eigenvalue weighted by Crippen LogP contribution is -2.55. The van der Waals surface area contributed by atoms with Crippen molar-refractivity contribution in [1.29, 1.82) is 0 Å². The average Bonchev–Trinajstić information content (AvgIpc) is 3.28. The van der Waals surface area contributed by atoms with Crippen LogP contribution in [0.4, 0.5) is 0 Å². The first kappa shape index (κ1) is 25.6. The van der Waals surface area contributed by atoms with E-state index in [9.17, 15) is 18.0 Å². The van der Waals surface area contributed by atoms with E-state index in [2.05, 4.69) is 10.0 Å². The van der Waals surface area contributed by atoms with Crippen molar-refractivity contribution in [2.75, 3.05) is 6.54 Å². The summed E-state index contributed by atoms with van der Waals surface area (Å²) in [6.07, 6.45) is 3.32. The Morgan fingerprint density at radius 1 is 1.09 bits per heavy atom. The highest BCUT2D eigenvalue weighted by atomic mass is 32.2. The summed E-state index contributed by atoms with van der Waals surface area (Å²) in [6.45, 7) is 7.32. The Hall–Kier alpha value is -2.65. The van der Waals surface area contributed by atoms with Crippen molar-refractivity contribution in [2.24, 2.45) is 0 Å². The molecule has 0 fully saturated rings. The number of benzene rings is 1. The van der Waals surface area contributed by atoms with Gasteiger partial charge in [0.15, 0.2) is 0 Å². The average molecular weight is 464 g/mol. The molecule has 1 aromatic heterocycles. The third-order valence-electron chi connectivity index (χ3n) is 5.28. The summed E-state index contributed by atoms with van der Waals surface area (Å²) in [7, 11) is -3.86. The van der Waals surface area contributed by atoms with Crippen molar-refractivity contribution in [3.05, 3.63) is 54.5 Å². The van der Waals surface area contributed by atoms with Gasteiger partial charge in [-0.1, -0.05) is 38.5 Å². The predicted octanol–water partition coefficient (Wildman–Crippen LogP) is 3.06. The summed E-state index contributed by atoms with van der Waals surface area (Å²) in [5, 5.41) is 3.00. The van der Waals surface area contributed by atoms with E-state index in [1.165, 1.54) is 23.3 Å². The van der Waals surface area contributed by atoms with E-state index in [-0.39, 0.29) is 17.3 Å². The van der Waals surface area contributed by atoms with Crippen LogP contribution in [0, 0.1) is 0 Å². The fourth-order valence-corrected chi connectivity index (χ4v) is 4.09. The quantitative estimate of drug-likeness (QED) is 0.503. The van der Waals surface area contributed by atoms with Crippen LogP contribution in [0.25, 0.3) is 0 Å². The first-order valence-electron chi connectivity index (χ1n) is 10.8. The van der Waals surface area contributed by atoms with Gasteiger partial charge < -0.3 is 14.6 Å². The SMILES string of the molecule is CCC[C@H](C(=O)NC(C)(C)CC)N(Cc1ccco1)C(=O)CNS(=O)(=O)c1ccccc1. The van der Waals surface area contributed by atoms with Gasteiger partial charge in [0.2, 0.25) is 21.8 Å². The lowest BCUT2D eigenvalue weighted by Gasteiger charge is -2.34. The number of hydrogen-bond donors (Lipinski definition) is 2. The minimum Gasteiger partial charge on any atom is -0.467 e. The second kappa shape index (κ2) is 11.3. The highest BCUT2D eigenvalue weighted by Gasteiger charge is 2.33. The number of amides is 2. The van der Waals surface area contributed by atoms with Crippen LogP contribution in [0.5, 0.6) is 0 Å². The summed E-state index contributed by atoms with van der Waals surface area (Å²) in [5.74, 6) is -0.277. The predicted molar refractivity (Wildman–Crippen MR) is 122 cm³/mol. The largest absolute Gasteiger partial charge is 0.467 e. The molecule has 0 aliphatic rings. The van der Waals surface area contributed by atoms with Crippen molar-refractivity contribution in [3.63, 3.8) is 0 Å². The molecule has 1 heterocycles. The van der Waals surface area contributed by atoms with Gasteiger partial charge in [0.25, 0.3) is 0 Å². The van der Waals surface area contributed by atoms with Gasteiger partial charge in [-0.3, -0.25) is 9.59 Å². The normalized spacial score (nSPS) is 12.9.